The number of nitrogens with zero attached hydrogens (tertiary/aromatic N) is 2. The summed E-state index contributed by atoms with van der Waals surface area (Å²) in [5.41, 5.74) is 0.970. The van der Waals surface area contributed by atoms with Crippen LogP contribution in [0.3, 0.4) is 0 Å². The van der Waals surface area contributed by atoms with Crippen LogP contribution in [0.5, 0.6) is 0 Å². The van der Waals surface area contributed by atoms with Gasteiger partial charge in [0.2, 0.25) is 0 Å². The molecule has 1 aliphatic heterocycles. The van der Waals surface area contributed by atoms with Crippen LogP contribution in [-0.4, -0.2) is 36.4 Å². The third-order valence-corrected chi connectivity index (χ3v) is 7.69. The maximum absolute atomic E-state index is 13.2. The molecule has 1 atom stereocenters. The summed E-state index contributed by atoms with van der Waals surface area (Å²) >= 11 is 8.14. The number of aromatic nitrogens is 1. The number of para-hydroxylation sites is 1. The minimum atomic E-state index is -0.0130. The molecule has 8 heteroatoms. The predicted octanol–water partition coefficient (Wildman–Crippen LogP) is 5.67. The lowest BCUT2D eigenvalue weighted by Gasteiger charge is -2.22. The van der Waals surface area contributed by atoms with Gasteiger partial charge in [-0.3, -0.25) is 9.69 Å². The Labute approximate surface area is 172 Å². The van der Waals surface area contributed by atoms with E-state index in [1.165, 1.54) is 11.3 Å². The smallest absolute Gasteiger partial charge is 0.270 e. The van der Waals surface area contributed by atoms with Crippen molar-refractivity contribution in [2.75, 3.05) is 24.3 Å². The van der Waals surface area contributed by atoms with Crippen LogP contribution in [0.2, 0.25) is 0 Å². The quantitative estimate of drug-likeness (QED) is 0.452. The molecule has 0 aliphatic carbocycles. The zero-order valence-electron chi connectivity index (χ0n) is 14.1. The Morgan fingerprint density at radius 3 is 2.96 bits per heavy atom. The van der Waals surface area contributed by atoms with E-state index in [1.807, 2.05) is 24.5 Å². The number of hydrogen-bond acceptors (Lipinski definition) is 6. The first-order valence-corrected chi connectivity index (χ1v) is 11.9. The summed E-state index contributed by atoms with van der Waals surface area (Å²) in [6.45, 7) is 1.32. The molecule has 0 bridgehead atoms. The number of carbonyl (C=O) groups is 1. The van der Waals surface area contributed by atoms with Gasteiger partial charge in [-0.25, -0.2) is 4.98 Å². The Morgan fingerprint density at radius 2 is 2.27 bits per heavy atom. The van der Waals surface area contributed by atoms with E-state index in [2.05, 4.69) is 28.1 Å². The topological polar surface area (TPSA) is 42.4 Å². The summed E-state index contributed by atoms with van der Waals surface area (Å²) in [4.78, 5) is 21.7. The van der Waals surface area contributed by atoms with Crippen LogP contribution in [0, 0.1) is 0 Å². The molecule has 0 spiro atoms. The lowest BCUT2D eigenvalue weighted by molar-refractivity contribution is 0.0920. The normalized spacial score (nSPS) is 17.1. The van der Waals surface area contributed by atoms with E-state index in [1.54, 1.807) is 28.0 Å². The summed E-state index contributed by atoms with van der Waals surface area (Å²) in [5, 5.41) is 0.742. The molecular weight excluding hydrogens is 452 g/mol. The average Bonchev–Trinajstić information content (AvgIpc) is 3.38. The largest absolute Gasteiger partial charge is 0.376 e. The number of halogens is 1. The van der Waals surface area contributed by atoms with E-state index < -0.39 is 0 Å². The average molecular weight is 469 g/mol. The number of hydrogen-bond donors (Lipinski definition) is 0. The molecule has 0 radical (unpaired) electrons. The van der Waals surface area contributed by atoms with Gasteiger partial charge in [0.05, 0.1) is 31.5 Å². The molecule has 0 saturated carbocycles. The maximum atomic E-state index is 13.2. The van der Waals surface area contributed by atoms with E-state index in [4.69, 9.17) is 9.72 Å². The third kappa shape index (κ3) is 3.71. The van der Waals surface area contributed by atoms with Crippen molar-refractivity contribution in [3.8, 4) is 0 Å². The van der Waals surface area contributed by atoms with Gasteiger partial charge in [0, 0.05) is 11.5 Å². The number of anilines is 1. The molecular formula is C18H17BrN2O2S3. The molecule has 1 aromatic carbocycles. The number of thioether (sulfide) groups is 1. The first kappa shape index (κ1) is 18.4. The zero-order chi connectivity index (χ0) is 18.1. The van der Waals surface area contributed by atoms with Crippen LogP contribution >= 0.6 is 50.4 Å². The van der Waals surface area contributed by atoms with Crippen LogP contribution in [-0.2, 0) is 4.74 Å². The fourth-order valence-electron chi connectivity index (χ4n) is 2.99. The molecule has 2 aromatic heterocycles. The van der Waals surface area contributed by atoms with Crippen molar-refractivity contribution >= 4 is 71.6 Å². The first-order valence-electron chi connectivity index (χ1n) is 8.28. The van der Waals surface area contributed by atoms with Crippen molar-refractivity contribution in [3.05, 3.63) is 39.0 Å². The van der Waals surface area contributed by atoms with Crippen molar-refractivity contribution in [2.24, 2.45) is 0 Å². The Morgan fingerprint density at radius 1 is 1.38 bits per heavy atom. The molecule has 1 unspecified atom stereocenters. The molecule has 1 aliphatic rings. The molecule has 3 heterocycles. The van der Waals surface area contributed by atoms with Gasteiger partial charge in [-0.15, -0.1) is 23.1 Å². The van der Waals surface area contributed by atoms with Gasteiger partial charge in [-0.05, 0) is 59.3 Å². The van der Waals surface area contributed by atoms with Crippen molar-refractivity contribution < 1.29 is 9.53 Å². The summed E-state index contributed by atoms with van der Waals surface area (Å²) in [6.07, 6.45) is 4.16. The molecule has 1 fully saturated rings. The van der Waals surface area contributed by atoms with E-state index in [0.717, 1.165) is 43.5 Å². The predicted molar refractivity (Wildman–Crippen MR) is 114 cm³/mol. The number of benzene rings is 1. The van der Waals surface area contributed by atoms with Crippen molar-refractivity contribution in [1.29, 1.82) is 0 Å². The van der Waals surface area contributed by atoms with E-state index in [9.17, 15) is 4.79 Å². The van der Waals surface area contributed by atoms with Gasteiger partial charge in [0.1, 0.15) is 0 Å². The fourth-order valence-corrected chi connectivity index (χ4v) is 5.96. The Kier molecular flexibility index (Phi) is 5.66. The molecule has 4 nitrogen and oxygen atoms in total. The molecule has 1 saturated heterocycles. The van der Waals surface area contributed by atoms with Crippen LogP contribution in [0.15, 0.2) is 39.0 Å². The molecule has 3 aromatic rings. The number of amides is 1. The molecule has 136 valence electrons. The summed E-state index contributed by atoms with van der Waals surface area (Å²) in [7, 11) is 0. The van der Waals surface area contributed by atoms with Crippen molar-refractivity contribution in [3.63, 3.8) is 0 Å². The Balaban J connectivity index is 1.73. The van der Waals surface area contributed by atoms with Gasteiger partial charge in [-0.1, -0.05) is 17.4 Å². The minimum absolute atomic E-state index is 0.0130. The second-order valence-electron chi connectivity index (χ2n) is 5.96. The number of rotatable bonds is 5. The highest BCUT2D eigenvalue weighted by molar-refractivity contribution is 9.11. The number of ether oxygens (including phenoxy) is 1. The summed E-state index contributed by atoms with van der Waals surface area (Å²) in [5.74, 6) is -0.0130. The van der Waals surface area contributed by atoms with Gasteiger partial charge in [-0.2, -0.15) is 0 Å². The lowest BCUT2D eigenvalue weighted by atomic mass is 10.2. The third-order valence-electron chi connectivity index (χ3n) is 4.26. The number of thiophene rings is 1. The summed E-state index contributed by atoms with van der Waals surface area (Å²) in [6, 6.07) is 9.94. The molecule has 0 N–H and O–H groups in total. The monoisotopic (exact) mass is 468 g/mol. The van der Waals surface area contributed by atoms with Crippen molar-refractivity contribution in [2.45, 2.75) is 23.8 Å². The Bertz CT molecular complexity index is 934. The van der Waals surface area contributed by atoms with Gasteiger partial charge < -0.3 is 4.74 Å². The van der Waals surface area contributed by atoms with Gasteiger partial charge in [0.15, 0.2) is 5.13 Å². The highest BCUT2D eigenvalue weighted by Crippen LogP contribution is 2.36. The number of fused-ring (bicyclic) bond motifs is 1. The van der Waals surface area contributed by atoms with E-state index in [0.29, 0.717) is 11.4 Å². The highest BCUT2D eigenvalue weighted by Gasteiger charge is 2.28. The Hall–Kier alpha value is -0.930. The number of carbonyl (C=O) groups excluding carboxylic acids is 1. The zero-order valence-corrected chi connectivity index (χ0v) is 18.1. The van der Waals surface area contributed by atoms with Crippen LogP contribution < -0.4 is 4.90 Å². The first-order chi connectivity index (χ1) is 12.7. The van der Waals surface area contributed by atoms with Crippen LogP contribution in [0.1, 0.15) is 22.5 Å². The second kappa shape index (κ2) is 7.98. The SMILES string of the molecule is CSc1cccc2sc(N(CC3CCCO3)C(=O)c3ccc(Br)s3)nc12. The van der Waals surface area contributed by atoms with Crippen molar-refractivity contribution in [1.82, 2.24) is 4.98 Å². The summed E-state index contributed by atoms with van der Waals surface area (Å²) < 4.78 is 7.84. The standard InChI is InChI=1S/C18H17BrN2O2S3/c1-24-12-5-2-6-13-16(12)20-18(26-13)21(10-11-4-3-9-23-11)17(22)14-7-8-15(19)25-14/h2,5-8,11H,3-4,9-10H2,1H3. The number of thiazole rings is 1. The second-order valence-corrected chi connectivity index (χ2v) is 10.3. The minimum Gasteiger partial charge on any atom is -0.376 e. The van der Waals surface area contributed by atoms with Gasteiger partial charge >= 0.3 is 0 Å². The van der Waals surface area contributed by atoms with Crippen LogP contribution in [0.25, 0.3) is 10.2 Å². The molecule has 4 rings (SSSR count). The maximum Gasteiger partial charge on any atom is 0.270 e. The van der Waals surface area contributed by atoms with E-state index >= 15 is 0 Å². The molecule has 1 amide bonds. The highest BCUT2D eigenvalue weighted by atomic mass is 79.9. The lowest BCUT2D eigenvalue weighted by Crippen LogP contribution is -2.37. The van der Waals surface area contributed by atoms with Gasteiger partial charge in [0.25, 0.3) is 5.91 Å². The molecule has 26 heavy (non-hydrogen) atoms. The van der Waals surface area contributed by atoms with Crippen LogP contribution in [0.4, 0.5) is 5.13 Å². The van der Waals surface area contributed by atoms with E-state index in [-0.39, 0.29) is 12.0 Å². The fraction of sp³-hybridized carbons (Fsp3) is 0.333.